The number of nitrogens with zero attached hydrogens (tertiary/aromatic N) is 2. The maximum Gasteiger partial charge on any atom is 0.172 e. The van der Waals surface area contributed by atoms with Crippen LogP contribution in [0.2, 0.25) is 0 Å². The smallest absolute Gasteiger partial charge is 0.172 e. The fourth-order valence-corrected chi connectivity index (χ4v) is 3.50. The van der Waals surface area contributed by atoms with Crippen LogP contribution in [-0.4, -0.2) is 9.97 Å². The molecule has 0 aromatic carbocycles. The van der Waals surface area contributed by atoms with E-state index in [4.69, 9.17) is 0 Å². The molecular formula is C8H3Br3N2S. The van der Waals surface area contributed by atoms with E-state index in [0.29, 0.717) is 5.82 Å². The molecule has 0 amide bonds. The van der Waals surface area contributed by atoms with Crippen molar-refractivity contribution in [3.05, 3.63) is 31.2 Å². The highest BCUT2D eigenvalue weighted by atomic mass is 79.9. The van der Waals surface area contributed by atoms with E-state index in [1.54, 1.807) is 11.3 Å². The number of rotatable bonds is 1. The summed E-state index contributed by atoms with van der Waals surface area (Å²) in [5.74, 6) is 0.716. The molecule has 0 saturated carbocycles. The highest BCUT2D eigenvalue weighted by Crippen LogP contribution is 2.32. The molecule has 14 heavy (non-hydrogen) atoms. The van der Waals surface area contributed by atoms with Gasteiger partial charge in [0, 0.05) is 10.5 Å². The molecule has 2 aromatic heterocycles. The first kappa shape index (κ1) is 10.7. The molecule has 72 valence electrons. The number of hydrogen-bond donors (Lipinski definition) is 0. The van der Waals surface area contributed by atoms with E-state index in [2.05, 4.69) is 57.8 Å². The van der Waals surface area contributed by atoms with Crippen molar-refractivity contribution in [2.45, 2.75) is 0 Å². The Morgan fingerprint density at radius 1 is 1.07 bits per heavy atom. The van der Waals surface area contributed by atoms with Crippen LogP contribution in [0.4, 0.5) is 0 Å². The third-order valence-electron chi connectivity index (χ3n) is 1.48. The molecule has 0 aliphatic carbocycles. The molecule has 0 fully saturated rings. The SMILES string of the molecule is Brc1cc(Br)nc(-c2sccc2Br)n1. The number of hydrogen-bond acceptors (Lipinski definition) is 3. The van der Waals surface area contributed by atoms with Gasteiger partial charge in [-0.15, -0.1) is 11.3 Å². The highest BCUT2D eigenvalue weighted by Gasteiger charge is 2.09. The fraction of sp³-hybridized carbons (Fsp3) is 0. The summed E-state index contributed by atoms with van der Waals surface area (Å²) < 4.78 is 2.57. The van der Waals surface area contributed by atoms with E-state index in [-0.39, 0.29) is 0 Å². The lowest BCUT2D eigenvalue weighted by Crippen LogP contribution is -1.88. The lowest BCUT2D eigenvalue weighted by atomic mass is 10.4. The van der Waals surface area contributed by atoms with Gasteiger partial charge in [-0.25, -0.2) is 9.97 Å². The van der Waals surface area contributed by atoms with Gasteiger partial charge in [0.05, 0.1) is 4.88 Å². The van der Waals surface area contributed by atoms with Gasteiger partial charge in [-0.3, -0.25) is 0 Å². The molecule has 6 heteroatoms. The summed E-state index contributed by atoms with van der Waals surface area (Å²) in [4.78, 5) is 9.62. The third-order valence-corrected chi connectivity index (χ3v) is 4.13. The average Bonchev–Trinajstić information content (AvgIpc) is 2.49. The summed E-state index contributed by atoms with van der Waals surface area (Å²) >= 11 is 11.7. The Labute approximate surface area is 110 Å². The number of aromatic nitrogens is 2. The Balaban J connectivity index is 2.57. The Kier molecular flexibility index (Phi) is 3.36. The second-order valence-electron chi connectivity index (χ2n) is 2.43. The van der Waals surface area contributed by atoms with Crippen LogP contribution in [0.15, 0.2) is 31.2 Å². The molecule has 2 rings (SSSR count). The van der Waals surface area contributed by atoms with Crippen molar-refractivity contribution in [2.24, 2.45) is 0 Å². The van der Waals surface area contributed by atoms with Crippen LogP contribution in [-0.2, 0) is 0 Å². The first-order valence-electron chi connectivity index (χ1n) is 3.60. The van der Waals surface area contributed by atoms with Gasteiger partial charge >= 0.3 is 0 Å². The first-order chi connectivity index (χ1) is 6.66. The largest absolute Gasteiger partial charge is 0.220 e. The van der Waals surface area contributed by atoms with Crippen LogP contribution >= 0.6 is 59.1 Å². The van der Waals surface area contributed by atoms with Gasteiger partial charge in [0.2, 0.25) is 0 Å². The molecule has 0 bridgehead atoms. The standard InChI is InChI=1S/C8H3Br3N2S/c9-4-1-2-14-7(4)8-12-5(10)3-6(11)13-8/h1-3H. The van der Waals surface area contributed by atoms with Crippen LogP contribution in [0.3, 0.4) is 0 Å². The lowest BCUT2D eigenvalue weighted by Gasteiger charge is -1.99. The van der Waals surface area contributed by atoms with Crippen molar-refractivity contribution in [2.75, 3.05) is 0 Å². The molecule has 0 saturated heterocycles. The van der Waals surface area contributed by atoms with Gasteiger partial charge in [0.1, 0.15) is 9.21 Å². The van der Waals surface area contributed by atoms with Gasteiger partial charge in [-0.1, -0.05) is 0 Å². The van der Waals surface area contributed by atoms with Crippen LogP contribution < -0.4 is 0 Å². The zero-order valence-corrected chi connectivity index (χ0v) is 12.2. The Bertz CT molecular complexity index is 449. The summed E-state index contributed by atoms with van der Waals surface area (Å²) in [6, 6.07) is 3.79. The van der Waals surface area contributed by atoms with E-state index in [9.17, 15) is 0 Å². The van der Waals surface area contributed by atoms with E-state index >= 15 is 0 Å². The fourth-order valence-electron chi connectivity index (χ4n) is 0.945. The minimum absolute atomic E-state index is 0.716. The van der Waals surface area contributed by atoms with Gasteiger partial charge in [0.25, 0.3) is 0 Å². The second kappa shape index (κ2) is 4.38. The zero-order chi connectivity index (χ0) is 10.1. The predicted molar refractivity (Wildman–Crippen MR) is 68.4 cm³/mol. The van der Waals surface area contributed by atoms with E-state index in [0.717, 1.165) is 18.6 Å². The predicted octanol–water partition coefficient (Wildman–Crippen LogP) is 4.49. The van der Waals surface area contributed by atoms with Crippen molar-refractivity contribution in [3.8, 4) is 10.7 Å². The molecule has 0 aliphatic heterocycles. The van der Waals surface area contributed by atoms with Gasteiger partial charge in [-0.05, 0) is 59.2 Å². The van der Waals surface area contributed by atoms with Crippen LogP contribution in [0.1, 0.15) is 0 Å². The van der Waals surface area contributed by atoms with Crippen LogP contribution in [0, 0.1) is 0 Å². The van der Waals surface area contributed by atoms with Crippen LogP contribution in [0.5, 0.6) is 0 Å². The molecule has 0 N–H and O–H groups in total. The summed E-state index contributed by atoms with van der Waals surface area (Å²) in [7, 11) is 0. The molecule has 2 nitrogen and oxygen atoms in total. The second-order valence-corrected chi connectivity index (χ2v) is 5.83. The number of halogens is 3. The summed E-state index contributed by atoms with van der Waals surface area (Å²) in [5.41, 5.74) is 0. The minimum Gasteiger partial charge on any atom is -0.220 e. The Morgan fingerprint density at radius 2 is 1.71 bits per heavy atom. The molecule has 2 aromatic rings. The quantitative estimate of drug-likeness (QED) is 0.661. The van der Waals surface area contributed by atoms with Crippen molar-refractivity contribution >= 4 is 59.1 Å². The van der Waals surface area contributed by atoms with Crippen molar-refractivity contribution in [1.29, 1.82) is 0 Å². The topological polar surface area (TPSA) is 25.8 Å². The molecule has 0 aliphatic rings. The average molecular weight is 399 g/mol. The zero-order valence-electron chi connectivity index (χ0n) is 6.67. The summed E-state index contributed by atoms with van der Waals surface area (Å²) in [6.45, 7) is 0. The molecule has 0 radical (unpaired) electrons. The van der Waals surface area contributed by atoms with Crippen molar-refractivity contribution in [1.82, 2.24) is 9.97 Å². The highest BCUT2D eigenvalue weighted by molar-refractivity contribution is 9.11. The molecule has 0 atom stereocenters. The lowest BCUT2D eigenvalue weighted by molar-refractivity contribution is 1.13. The van der Waals surface area contributed by atoms with Crippen LogP contribution in [0.25, 0.3) is 10.7 Å². The minimum atomic E-state index is 0.716. The monoisotopic (exact) mass is 396 g/mol. The normalized spacial score (nSPS) is 10.5. The molecule has 0 spiro atoms. The van der Waals surface area contributed by atoms with Crippen molar-refractivity contribution < 1.29 is 0 Å². The molecule has 0 unspecified atom stereocenters. The van der Waals surface area contributed by atoms with Gasteiger partial charge in [0.15, 0.2) is 5.82 Å². The maximum atomic E-state index is 4.29. The maximum absolute atomic E-state index is 4.29. The number of thiophene rings is 1. The molecular weight excluding hydrogens is 396 g/mol. The van der Waals surface area contributed by atoms with E-state index in [1.165, 1.54) is 0 Å². The van der Waals surface area contributed by atoms with Gasteiger partial charge < -0.3 is 0 Å². The van der Waals surface area contributed by atoms with E-state index < -0.39 is 0 Å². The Morgan fingerprint density at radius 3 is 2.21 bits per heavy atom. The third kappa shape index (κ3) is 2.24. The summed E-state index contributed by atoms with van der Waals surface area (Å²) in [6.07, 6.45) is 0. The van der Waals surface area contributed by atoms with Gasteiger partial charge in [-0.2, -0.15) is 0 Å². The summed E-state index contributed by atoms with van der Waals surface area (Å²) in [5, 5.41) is 2.00. The first-order valence-corrected chi connectivity index (χ1v) is 6.86. The Hall–Kier alpha value is 0.220. The van der Waals surface area contributed by atoms with E-state index in [1.807, 2.05) is 17.5 Å². The van der Waals surface area contributed by atoms with Crippen molar-refractivity contribution in [3.63, 3.8) is 0 Å². The molecule has 2 heterocycles.